The topological polar surface area (TPSA) is 59.2 Å². The van der Waals surface area contributed by atoms with Gasteiger partial charge in [0.05, 0.1) is 5.75 Å². The van der Waals surface area contributed by atoms with Crippen molar-refractivity contribution in [2.75, 3.05) is 5.75 Å². The molecule has 1 aromatic carbocycles. The van der Waals surface area contributed by atoms with Gasteiger partial charge in [-0.05, 0) is 51.3 Å². The minimum Gasteiger partial charge on any atom is -0.411 e. The van der Waals surface area contributed by atoms with Crippen LogP contribution in [0, 0.1) is 5.82 Å². The Labute approximate surface area is 144 Å². The summed E-state index contributed by atoms with van der Waals surface area (Å²) >= 11 is 1.22. The predicted octanol–water partition coefficient (Wildman–Crippen LogP) is 3.76. The SMILES string of the molecule is C[C@@H]1CCC[C@@H](C)N1C(=O)CSc1nnc(-c2cccc(F)c2)o1. The lowest BCUT2D eigenvalue weighted by Crippen LogP contribution is -2.48. The fraction of sp³-hybridized carbons (Fsp3) is 0.471. The standard InChI is InChI=1S/C17H20FN3O2S/c1-11-5-3-6-12(2)21(11)15(22)10-24-17-20-19-16(23-17)13-7-4-8-14(18)9-13/h4,7-9,11-12H,3,5-6,10H2,1-2H3/t11-,12-/m1/s1. The van der Waals surface area contributed by atoms with Crippen molar-refractivity contribution in [1.29, 1.82) is 0 Å². The lowest BCUT2D eigenvalue weighted by atomic mass is 9.98. The number of carbonyl (C=O) groups is 1. The first kappa shape index (κ1) is 17.0. The first-order valence-corrected chi connectivity index (χ1v) is 9.06. The zero-order chi connectivity index (χ0) is 17.1. The molecule has 5 nitrogen and oxygen atoms in total. The van der Waals surface area contributed by atoms with E-state index < -0.39 is 0 Å². The zero-order valence-corrected chi connectivity index (χ0v) is 14.6. The van der Waals surface area contributed by atoms with Crippen molar-refractivity contribution in [2.45, 2.75) is 50.4 Å². The van der Waals surface area contributed by atoms with Crippen LogP contribution in [-0.2, 0) is 4.79 Å². The van der Waals surface area contributed by atoms with Crippen LogP contribution in [0.2, 0.25) is 0 Å². The summed E-state index contributed by atoms with van der Waals surface area (Å²) in [5.74, 6) is 0.247. The highest BCUT2D eigenvalue weighted by atomic mass is 32.2. The second-order valence-corrected chi connectivity index (χ2v) is 7.03. The molecular formula is C17H20FN3O2S. The maximum atomic E-state index is 13.2. The van der Waals surface area contributed by atoms with E-state index in [1.165, 1.54) is 30.3 Å². The number of hydrogen-bond acceptors (Lipinski definition) is 5. The quantitative estimate of drug-likeness (QED) is 0.787. The normalized spacial score (nSPS) is 21.0. The summed E-state index contributed by atoms with van der Waals surface area (Å²) < 4.78 is 18.8. The minimum absolute atomic E-state index is 0.0882. The van der Waals surface area contributed by atoms with Crippen LogP contribution in [0.4, 0.5) is 4.39 Å². The number of likely N-dealkylation sites (tertiary alicyclic amines) is 1. The van der Waals surface area contributed by atoms with E-state index in [0.29, 0.717) is 10.8 Å². The van der Waals surface area contributed by atoms with Gasteiger partial charge in [0.25, 0.3) is 5.22 Å². The van der Waals surface area contributed by atoms with Crippen LogP contribution < -0.4 is 0 Å². The van der Waals surface area contributed by atoms with Gasteiger partial charge in [-0.25, -0.2) is 4.39 Å². The van der Waals surface area contributed by atoms with Crippen molar-refractivity contribution in [3.63, 3.8) is 0 Å². The van der Waals surface area contributed by atoms with Gasteiger partial charge >= 0.3 is 0 Å². The van der Waals surface area contributed by atoms with Gasteiger partial charge in [-0.2, -0.15) is 0 Å². The van der Waals surface area contributed by atoms with E-state index in [1.54, 1.807) is 12.1 Å². The number of amides is 1. The van der Waals surface area contributed by atoms with Crippen LogP contribution in [0.1, 0.15) is 33.1 Å². The molecule has 0 bridgehead atoms. The van der Waals surface area contributed by atoms with Crippen LogP contribution in [0.15, 0.2) is 33.9 Å². The summed E-state index contributed by atoms with van der Waals surface area (Å²) in [5.41, 5.74) is 0.527. The van der Waals surface area contributed by atoms with Crippen molar-refractivity contribution >= 4 is 17.7 Å². The number of nitrogens with zero attached hydrogens (tertiary/aromatic N) is 3. The number of rotatable bonds is 4. The van der Waals surface area contributed by atoms with Gasteiger partial charge in [0.1, 0.15) is 5.82 Å². The molecule has 1 aliphatic heterocycles. The maximum absolute atomic E-state index is 13.2. The third-order valence-electron chi connectivity index (χ3n) is 4.28. The molecule has 128 valence electrons. The third-order valence-corrected chi connectivity index (χ3v) is 5.08. The average Bonchev–Trinajstić information content (AvgIpc) is 3.02. The summed E-state index contributed by atoms with van der Waals surface area (Å²) in [6.45, 7) is 4.18. The van der Waals surface area contributed by atoms with Crippen molar-refractivity contribution in [3.8, 4) is 11.5 Å². The van der Waals surface area contributed by atoms with Crippen molar-refractivity contribution in [1.82, 2.24) is 15.1 Å². The van der Waals surface area contributed by atoms with Crippen molar-refractivity contribution < 1.29 is 13.6 Å². The van der Waals surface area contributed by atoms with Crippen LogP contribution in [0.5, 0.6) is 0 Å². The van der Waals surface area contributed by atoms with E-state index in [1.807, 2.05) is 4.90 Å². The summed E-state index contributed by atoms with van der Waals surface area (Å²) in [6, 6.07) is 6.52. The first-order valence-electron chi connectivity index (χ1n) is 8.08. The molecule has 0 N–H and O–H groups in total. The molecule has 2 atom stereocenters. The van der Waals surface area contributed by atoms with Gasteiger partial charge in [-0.3, -0.25) is 4.79 Å². The van der Waals surface area contributed by atoms with E-state index >= 15 is 0 Å². The van der Waals surface area contributed by atoms with Crippen molar-refractivity contribution in [2.24, 2.45) is 0 Å². The lowest BCUT2D eigenvalue weighted by Gasteiger charge is -2.39. The fourth-order valence-corrected chi connectivity index (χ4v) is 3.75. The molecule has 1 aliphatic rings. The van der Waals surface area contributed by atoms with Crippen LogP contribution in [-0.4, -0.2) is 38.8 Å². The van der Waals surface area contributed by atoms with E-state index in [0.717, 1.165) is 12.8 Å². The van der Waals surface area contributed by atoms with Gasteiger partial charge in [0, 0.05) is 17.6 Å². The Bertz CT molecular complexity index is 711. The van der Waals surface area contributed by atoms with E-state index in [2.05, 4.69) is 24.0 Å². The summed E-state index contributed by atoms with van der Waals surface area (Å²) in [4.78, 5) is 14.4. The van der Waals surface area contributed by atoms with Crippen LogP contribution >= 0.6 is 11.8 Å². The second kappa shape index (κ2) is 7.34. The number of aromatic nitrogens is 2. The van der Waals surface area contributed by atoms with Crippen molar-refractivity contribution in [3.05, 3.63) is 30.1 Å². The maximum Gasteiger partial charge on any atom is 0.277 e. The molecule has 0 aliphatic carbocycles. The minimum atomic E-state index is -0.358. The number of halogens is 1. The molecule has 3 rings (SSSR count). The van der Waals surface area contributed by atoms with Gasteiger partial charge in [-0.15, -0.1) is 10.2 Å². The first-order chi connectivity index (χ1) is 11.5. The van der Waals surface area contributed by atoms with Gasteiger partial charge in [0.2, 0.25) is 11.8 Å². The molecule has 24 heavy (non-hydrogen) atoms. The Morgan fingerprint density at radius 2 is 2.08 bits per heavy atom. The Morgan fingerprint density at radius 1 is 1.33 bits per heavy atom. The Balaban J connectivity index is 1.62. The molecule has 7 heteroatoms. The van der Waals surface area contributed by atoms with E-state index in [9.17, 15) is 9.18 Å². The number of carbonyl (C=O) groups excluding carboxylic acids is 1. The molecule has 2 aromatic rings. The molecule has 0 saturated carbocycles. The third kappa shape index (κ3) is 3.77. The fourth-order valence-electron chi connectivity index (χ4n) is 3.12. The highest BCUT2D eigenvalue weighted by Gasteiger charge is 2.29. The van der Waals surface area contributed by atoms with E-state index in [-0.39, 0.29) is 35.5 Å². The molecule has 1 saturated heterocycles. The molecule has 2 heterocycles. The number of benzene rings is 1. The number of piperidine rings is 1. The van der Waals surface area contributed by atoms with Crippen LogP contribution in [0.25, 0.3) is 11.5 Å². The molecule has 1 aromatic heterocycles. The van der Waals surface area contributed by atoms with Gasteiger partial charge in [-0.1, -0.05) is 17.8 Å². The smallest absolute Gasteiger partial charge is 0.277 e. The number of hydrogen-bond donors (Lipinski definition) is 0. The van der Waals surface area contributed by atoms with Gasteiger partial charge in [0.15, 0.2) is 0 Å². The second-order valence-electron chi connectivity index (χ2n) is 6.10. The Morgan fingerprint density at radius 3 is 2.79 bits per heavy atom. The Kier molecular flexibility index (Phi) is 5.18. The van der Waals surface area contributed by atoms with E-state index in [4.69, 9.17) is 4.42 Å². The number of thioether (sulfide) groups is 1. The monoisotopic (exact) mass is 349 g/mol. The molecule has 0 radical (unpaired) electrons. The molecule has 1 amide bonds. The predicted molar refractivity (Wildman–Crippen MR) is 90.0 cm³/mol. The molecule has 1 fully saturated rings. The summed E-state index contributed by atoms with van der Waals surface area (Å²) in [5, 5.41) is 8.17. The highest BCUT2D eigenvalue weighted by molar-refractivity contribution is 7.99. The summed E-state index contributed by atoms with van der Waals surface area (Å²) in [6.07, 6.45) is 3.26. The lowest BCUT2D eigenvalue weighted by molar-refractivity contribution is -0.134. The summed E-state index contributed by atoms with van der Waals surface area (Å²) in [7, 11) is 0. The highest BCUT2D eigenvalue weighted by Crippen LogP contribution is 2.26. The largest absolute Gasteiger partial charge is 0.411 e. The molecule has 0 spiro atoms. The van der Waals surface area contributed by atoms with Gasteiger partial charge < -0.3 is 9.32 Å². The molecule has 0 unspecified atom stereocenters. The Hall–Kier alpha value is -1.89. The zero-order valence-electron chi connectivity index (χ0n) is 13.7. The molecular weight excluding hydrogens is 329 g/mol. The van der Waals surface area contributed by atoms with Crippen LogP contribution in [0.3, 0.4) is 0 Å². The average molecular weight is 349 g/mol.